The van der Waals surface area contributed by atoms with Crippen molar-refractivity contribution >= 4 is 33.1 Å². The van der Waals surface area contributed by atoms with Gasteiger partial charge in [0.1, 0.15) is 5.82 Å². The van der Waals surface area contributed by atoms with Crippen LogP contribution in [0.3, 0.4) is 0 Å². The maximum Gasteiger partial charge on any atom is 0.256 e. The topological polar surface area (TPSA) is 62.5 Å². The summed E-state index contributed by atoms with van der Waals surface area (Å²) >= 11 is 1.57. The molecule has 0 saturated carbocycles. The number of likely N-dealkylation sites (N-methyl/N-ethyl adjacent to an activating group) is 1. The van der Waals surface area contributed by atoms with Gasteiger partial charge in [-0.2, -0.15) is 0 Å². The Morgan fingerprint density at radius 2 is 1.92 bits per heavy atom. The molecule has 1 fully saturated rings. The van der Waals surface area contributed by atoms with Gasteiger partial charge in [0.25, 0.3) is 5.91 Å². The normalized spacial score (nSPS) is 15.5. The standard InChI is InChI=1S/C20H22N4OS/c1-2-23-8-10-24(11-9-23)20(25)15-12-22-19(21)17-16(13-26-18(15)17)14-6-4-3-5-7-14/h3-7,12-13H,2,8-11H2,1H3,(H2,21,22). The van der Waals surface area contributed by atoms with Crippen molar-refractivity contribution < 1.29 is 4.79 Å². The molecular weight excluding hydrogens is 344 g/mol. The molecule has 5 nitrogen and oxygen atoms in total. The predicted molar refractivity (Wildman–Crippen MR) is 107 cm³/mol. The fourth-order valence-corrected chi connectivity index (χ4v) is 4.58. The second kappa shape index (κ2) is 7.05. The molecule has 0 aliphatic carbocycles. The molecule has 6 heteroatoms. The van der Waals surface area contributed by atoms with E-state index < -0.39 is 0 Å². The molecule has 0 radical (unpaired) electrons. The third kappa shape index (κ3) is 2.95. The fourth-order valence-electron chi connectivity index (χ4n) is 3.49. The zero-order chi connectivity index (χ0) is 18.1. The first-order chi connectivity index (χ1) is 12.7. The highest BCUT2D eigenvalue weighted by atomic mass is 32.1. The van der Waals surface area contributed by atoms with E-state index in [9.17, 15) is 4.79 Å². The van der Waals surface area contributed by atoms with Gasteiger partial charge in [0.2, 0.25) is 0 Å². The number of carbonyl (C=O) groups is 1. The summed E-state index contributed by atoms with van der Waals surface area (Å²) in [7, 11) is 0. The number of anilines is 1. The van der Waals surface area contributed by atoms with Crippen LogP contribution in [0, 0.1) is 0 Å². The van der Waals surface area contributed by atoms with Gasteiger partial charge < -0.3 is 15.5 Å². The molecule has 0 atom stereocenters. The number of nitrogens with zero attached hydrogens (tertiary/aromatic N) is 3. The van der Waals surface area contributed by atoms with E-state index in [1.165, 1.54) is 0 Å². The Hall–Kier alpha value is -2.44. The Balaban J connectivity index is 1.72. The number of hydrogen-bond donors (Lipinski definition) is 1. The van der Waals surface area contributed by atoms with Gasteiger partial charge in [0.05, 0.1) is 10.3 Å². The summed E-state index contributed by atoms with van der Waals surface area (Å²) in [6, 6.07) is 10.1. The Bertz CT molecular complexity index is 930. The number of amides is 1. The number of fused-ring (bicyclic) bond motifs is 1. The maximum absolute atomic E-state index is 13.1. The van der Waals surface area contributed by atoms with Crippen molar-refractivity contribution in [2.45, 2.75) is 6.92 Å². The average molecular weight is 366 g/mol. The van der Waals surface area contributed by atoms with E-state index >= 15 is 0 Å². The lowest BCUT2D eigenvalue weighted by molar-refractivity contribution is 0.0645. The Kier molecular flexibility index (Phi) is 4.61. The number of piperazine rings is 1. The molecule has 0 bridgehead atoms. The summed E-state index contributed by atoms with van der Waals surface area (Å²) in [6.07, 6.45) is 1.64. The van der Waals surface area contributed by atoms with Crippen molar-refractivity contribution in [2.24, 2.45) is 0 Å². The van der Waals surface area contributed by atoms with Crippen LogP contribution in [0.5, 0.6) is 0 Å². The number of benzene rings is 1. The number of carbonyl (C=O) groups excluding carboxylic acids is 1. The minimum atomic E-state index is 0.0553. The van der Waals surface area contributed by atoms with Crippen LogP contribution in [-0.2, 0) is 0 Å². The van der Waals surface area contributed by atoms with Crippen molar-refractivity contribution in [3.63, 3.8) is 0 Å². The smallest absolute Gasteiger partial charge is 0.256 e. The predicted octanol–water partition coefficient (Wildman–Crippen LogP) is 3.32. The largest absolute Gasteiger partial charge is 0.383 e. The van der Waals surface area contributed by atoms with Gasteiger partial charge in [0.15, 0.2) is 0 Å². The average Bonchev–Trinajstić information content (AvgIpc) is 3.15. The van der Waals surface area contributed by atoms with Crippen molar-refractivity contribution in [3.05, 3.63) is 47.5 Å². The number of hydrogen-bond acceptors (Lipinski definition) is 5. The fraction of sp³-hybridized carbons (Fsp3) is 0.300. The molecule has 4 rings (SSSR count). The number of nitrogens with two attached hydrogens (primary N) is 1. The third-order valence-electron chi connectivity index (χ3n) is 5.05. The van der Waals surface area contributed by atoms with Crippen molar-refractivity contribution in [1.29, 1.82) is 0 Å². The van der Waals surface area contributed by atoms with Gasteiger partial charge in [-0.25, -0.2) is 4.98 Å². The summed E-state index contributed by atoms with van der Waals surface area (Å²) in [5.74, 6) is 0.534. The Morgan fingerprint density at radius 3 is 2.62 bits per heavy atom. The molecule has 1 aromatic carbocycles. The summed E-state index contributed by atoms with van der Waals surface area (Å²) in [5.41, 5.74) is 8.98. The summed E-state index contributed by atoms with van der Waals surface area (Å²) in [4.78, 5) is 21.7. The minimum absolute atomic E-state index is 0.0553. The van der Waals surface area contributed by atoms with Crippen molar-refractivity contribution in [3.8, 4) is 11.1 Å². The molecule has 1 aliphatic rings. The third-order valence-corrected chi connectivity index (χ3v) is 6.06. The zero-order valence-corrected chi connectivity index (χ0v) is 15.6. The molecule has 26 heavy (non-hydrogen) atoms. The van der Waals surface area contributed by atoms with Crippen LogP contribution in [-0.4, -0.2) is 53.4 Å². The van der Waals surface area contributed by atoms with Crippen molar-refractivity contribution in [2.75, 3.05) is 38.5 Å². The quantitative estimate of drug-likeness (QED) is 0.772. The molecule has 1 amide bonds. The maximum atomic E-state index is 13.1. The molecule has 0 unspecified atom stereocenters. The second-order valence-electron chi connectivity index (χ2n) is 6.50. The van der Waals surface area contributed by atoms with Crippen LogP contribution < -0.4 is 5.73 Å². The number of pyridine rings is 1. The van der Waals surface area contributed by atoms with E-state index in [-0.39, 0.29) is 5.91 Å². The van der Waals surface area contributed by atoms with Crippen LogP contribution in [0.1, 0.15) is 17.3 Å². The number of thiophene rings is 1. The molecule has 1 aliphatic heterocycles. The lowest BCUT2D eigenvalue weighted by Gasteiger charge is -2.34. The van der Waals surface area contributed by atoms with Crippen molar-refractivity contribution in [1.82, 2.24) is 14.8 Å². The van der Waals surface area contributed by atoms with Gasteiger partial charge in [-0.05, 0) is 17.5 Å². The molecule has 0 spiro atoms. The van der Waals surface area contributed by atoms with Crippen LogP contribution in [0.4, 0.5) is 5.82 Å². The summed E-state index contributed by atoms with van der Waals surface area (Å²) in [6.45, 7) is 6.55. The highest BCUT2D eigenvalue weighted by Crippen LogP contribution is 2.38. The number of nitrogen functional groups attached to an aromatic ring is 1. The van der Waals surface area contributed by atoms with Gasteiger partial charge in [-0.3, -0.25) is 4.79 Å². The molecule has 1 saturated heterocycles. The lowest BCUT2D eigenvalue weighted by Crippen LogP contribution is -2.48. The monoisotopic (exact) mass is 366 g/mol. The van der Waals surface area contributed by atoms with Crippen LogP contribution in [0.25, 0.3) is 21.2 Å². The second-order valence-corrected chi connectivity index (χ2v) is 7.38. The van der Waals surface area contributed by atoms with Crippen LogP contribution in [0.2, 0.25) is 0 Å². The van der Waals surface area contributed by atoms with E-state index in [0.717, 1.165) is 53.9 Å². The molecule has 3 heterocycles. The van der Waals surface area contributed by atoms with Gasteiger partial charge in [0, 0.05) is 43.3 Å². The zero-order valence-electron chi connectivity index (χ0n) is 14.8. The van der Waals surface area contributed by atoms with E-state index in [0.29, 0.717) is 11.4 Å². The molecular formula is C20H22N4OS. The van der Waals surface area contributed by atoms with Gasteiger partial charge >= 0.3 is 0 Å². The van der Waals surface area contributed by atoms with Gasteiger partial charge in [-0.15, -0.1) is 11.3 Å². The summed E-state index contributed by atoms with van der Waals surface area (Å²) < 4.78 is 0.930. The molecule has 3 aromatic rings. The van der Waals surface area contributed by atoms with Crippen LogP contribution in [0.15, 0.2) is 41.9 Å². The SMILES string of the molecule is CCN1CCN(C(=O)c2cnc(N)c3c(-c4ccccc4)csc23)CC1. The number of rotatable bonds is 3. The minimum Gasteiger partial charge on any atom is -0.383 e. The lowest BCUT2D eigenvalue weighted by atomic mass is 10.0. The first-order valence-electron chi connectivity index (χ1n) is 8.91. The van der Waals surface area contributed by atoms with E-state index in [1.54, 1.807) is 17.5 Å². The highest BCUT2D eigenvalue weighted by molar-refractivity contribution is 7.18. The van der Waals surface area contributed by atoms with E-state index in [1.807, 2.05) is 23.1 Å². The van der Waals surface area contributed by atoms with Crippen LogP contribution >= 0.6 is 11.3 Å². The first-order valence-corrected chi connectivity index (χ1v) is 9.79. The van der Waals surface area contributed by atoms with Gasteiger partial charge in [-0.1, -0.05) is 37.3 Å². The Morgan fingerprint density at radius 1 is 1.19 bits per heavy atom. The van der Waals surface area contributed by atoms with E-state index in [4.69, 9.17) is 5.73 Å². The Labute approximate surface area is 157 Å². The highest BCUT2D eigenvalue weighted by Gasteiger charge is 2.25. The molecule has 2 N–H and O–H groups in total. The van der Waals surface area contributed by atoms with E-state index in [2.05, 4.69) is 34.3 Å². The molecule has 134 valence electrons. The molecule has 2 aromatic heterocycles. The first kappa shape index (κ1) is 17.0. The number of aromatic nitrogens is 1. The summed E-state index contributed by atoms with van der Waals surface area (Å²) in [5, 5.41) is 2.96.